The quantitative estimate of drug-likeness (QED) is 0.599. The van der Waals surface area contributed by atoms with Crippen LogP contribution in [0.4, 0.5) is 10.6 Å². The van der Waals surface area contributed by atoms with E-state index < -0.39 is 5.69 Å². The Hall–Kier alpha value is -3.24. The topological polar surface area (TPSA) is 117 Å². The number of nitrogens with one attached hydrogen (secondary N) is 1. The van der Waals surface area contributed by atoms with Gasteiger partial charge in [0, 0.05) is 45.0 Å². The van der Waals surface area contributed by atoms with E-state index in [1.54, 1.807) is 22.1 Å². The van der Waals surface area contributed by atoms with Gasteiger partial charge in [0.25, 0.3) is 0 Å². The Morgan fingerprint density at radius 1 is 1.14 bits per heavy atom. The molecule has 2 aliphatic heterocycles. The van der Waals surface area contributed by atoms with Gasteiger partial charge < -0.3 is 20.4 Å². The average Bonchev–Trinajstić information content (AvgIpc) is 3.07. The largest absolute Gasteiger partial charge is 0.354 e. The molecule has 3 amide bonds. The van der Waals surface area contributed by atoms with Crippen LogP contribution in [0.2, 0.25) is 0 Å². The fourth-order valence-electron chi connectivity index (χ4n) is 4.68. The normalized spacial score (nSPS) is 19.3. The number of aryl methyl sites for hydroxylation is 1. The molecule has 1 unspecified atom stereocenters. The monoisotopic (exact) mass is 481 g/mol. The molecule has 0 radical (unpaired) electrons. The van der Waals surface area contributed by atoms with Gasteiger partial charge in [-0.1, -0.05) is 6.07 Å². The van der Waals surface area contributed by atoms with E-state index in [-0.39, 0.29) is 11.8 Å². The number of aromatic nitrogens is 2. The van der Waals surface area contributed by atoms with Gasteiger partial charge >= 0.3 is 11.7 Å². The van der Waals surface area contributed by atoms with E-state index in [2.05, 4.69) is 28.2 Å². The van der Waals surface area contributed by atoms with E-state index in [0.29, 0.717) is 32.2 Å². The summed E-state index contributed by atoms with van der Waals surface area (Å²) in [6, 6.07) is 7.64. The molecule has 0 bridgehead atoms. The van der Waals surface area contributed by atoms with Gasteiger partial charge in [0.15, 0.2) is 0 Å². The molecule has 1 aromatic heterocycles. The van der Waals surface area contributed by atoms with Gasteiger partial charge in [-0.25, -0.2) is 9.59 Å². The van der Waals surface area contributed by atoms with Crippen molar-refractivity contribution in [2.24, 2.45) is 5.73 Å². The Labute approximate surface area is 205 Å². The number of anilines is 1. The van der Waals surface area contributed by atoms with Gasteiger partial charge in [-0.2, -0.15) is 4.98 Å². The van der Waals surface area contributed by atoms with E-state index in [0.717, 1.165) is 63.0 Å². The third kappa shape index (κ3) is 6.46. The van der Waals surface area contributed by atoms with Crippen molar-refractivity contribution in [3.63, 3.8) is 0 Å². The molecule has 35 heavy (non-hydrogen) atoms. The second-order valence-corrected chi connectivity index (χ2v) is 9.42. The molecule has 0 aliphatic carbocycles. The Kier molecular flexibility index (Phi) is 8.14. The van der Waals surface area contributed by atoms with Crippen LogP contribution in [0.15, 0.2) is 35.3 Å². The molecule has 0 saturated carbocycles. The van der Waals surface area contributed by atoms with Crippen LogP contribution in [-0.2, 0) is 11.2 Å². The summed E-state index contributed by atoms with van der Waals surface area (Å²) < 4.78 is 1.48. The van der Waals surface area contributed by atoms with Crippen molar-refractivity contribution in [1.82, 2.24) is 24.3 Å². The second-order valence-electron chi connectivity index (χ2n) is 9.42. The smallest absolute Gasteiger partial charge is 0.342 e. The first kappa shape index (κ1) is 24.9. The summed E-state index contributed by atoms with van der Waals surface area (Å²) in [4.78, 5) is 45.8. The van der Waals surface area contributed by atoms with Crippen LogP contribution in [0.25, 0.3) is 5.69 Å². The minimum Gasteiger partial charge on any atom is -0.342 e. The van der Waals surface area contributed by atoms with E-state index >= 15 is 0 Å². The number of carbonyl (C=O) groups is 2. The lowest BCUT2D eigenvalue weighted by molar-refractivity contribution is -0.119. The van der Waals surface area contributed by atoms with E-state index in [1.165, 1.54) is 10.1 Å². The molecule has 3 heterocycles. The number of rotatable bonds is 6. The first-order valence-electron chi connectivity index (χ1n) is 12.4. The molecule has 2 aliphatic rings. The Bertz CT molecular complexity index is 1090. The minimum atomic E-state index is -0.457. The highest BCUT2D eigenvalue weighted by Gasteiger charge is 2.20. The first-order chi connectivity index (χ1) is 16.9. The van der Waals surface area contributed by atoms with Crippen molar-refractivity contribution in [3.05, 3.63) is 52.1 Å². The van der Waals surface area contributed by atoms with Gasteiger partial charge in [0.1, 0.15) is 5.82 Å². The predicted molar refractivity (Wildman–Crippen MR) is 135 cm³/mol. The van der Waals surface area contributed by atoms with Gasteiger partial charge in [-0.05, 0) is 75.0 Å². The van der Waals surface area contributed by atoms with Gasteiger partial charge in [-0.15, -0.1) is 0 Å². The number of nitrogens with zero attached hydrogens (tertiary/aromatic N) is 5. The molecule has 2 fully saturated rings. The van der Waals surface area contributed by atoms with Gasteiger partial charge in [0.2, 0.25) is 6.41 Å². The second kappa shape index (κ2) is 11.5. The van der Waals surface area contributed by atoms with Crippen LogP contribution in [0.1, 0.15) is 30.4 Å². The zero-order chi connectivity index (χ0) is 24.8. The lowest BCUT2D eigenvalue weighted by Crippen LogP contribution is -2.49. The number of benzene rings is 1. The molecule has 188 valence electrons. The molecule has 10 nitrogen and oxygen atoms in total. The summed E-state index contributed by atoms with van der Waals surface area (Å²) in [6.45, 7) is 7.10. The Morgan fingerprint density at radius 3 is 2.66 bits per heavy atom. The number of piperazine rings is 1. The van der Waals surface area contributed by atoms with Crippen LogP contribution in [-0.4, -0.2) is 88.5 Å². The summed E-state index contributed by atoms with van der Waals surface area (Å²) in [5, 5.41) is 2.68. The van der Waals surface area contributed by atoms with Crippen molar-refractivity contribution < 1.29 is 9.59 Å². The molecular weight excluding hydrogens is 446 g/mol. The summed E-state index contributed by atoms with van der Waals surface area (Å²) in [7, 11) is 0. The first-order valence-corrected chi connectivity index (χ1v) is 12.4. The fourth-order valence-corrected chi connectivity index (χ4v) is 4.68. The van der Waals surface area contributed by atoms with E-state index in [9.17, 15) is 14.4 Å². The summed E-state index contributed by atoms with van der Waals surface area (Å²) in [5.74, 6) is 0.208. The standard InChI is InChI=1S/C25H35N7O3/c1-19-17-22(5-4-20(19)6-10-29-9-2-3-21(26)7-11-29)32-12-8-23(28-25(32)35)27-24(34)31-15-13-30(18-33)14-16-31/h4-5,8,12,17-18,21H,2-3,6-7,9-11,13-16,26H2,1H3,(H,27,28,34,35). The lowest BCUT2D eigenvalue weighted by Gasteiger charge is -2.32. The zero-order valence-corrected chi connectivity index (χ0v) is 20.4. The van der Waals surface area contributed by atoms with Gasteiger partial charge in [0.05, 0.1) is 5.69 Å². The van der Waals surface area contributed by atoms with Crippen LogP contribution in [0.5, 0.6) is 0 Å². The molecule has 2 aromatic rings. The van der Waals surface area contributed by atoms with Crippen LogP contribution >= 0.6 is 0 Å². The minimum absolute atomic E-state index is 0.208. The van der Waals surface area contributed by atoms with Crippen molar-refractivity contribution >= 4 is 18.3 Å². The van der Waals surface area contributed by atoms with E-state index in [1.807, 2.05) is 12.1 Å². The molecule has 1 aromatic carbocycles. The molecule has 1 atom stereocenters. The van der Waals surface area contributed by atoms with Gasteiger partial charge in [-0.3, -0.25) is 14.7 Å². The highest BCUT2D eigenvalue weighted by Crippen LogP contribution is 2.17. The van der Waals surface area contributed by atoms with Crippen molar-refractivity contribution in [1.29, 1.82) is 0 Å². The molecule has 10 heteroatoms. The summed E-state index contributed by atoms with van der Waals surface area (Å²) >= 11 is 0. The SMILES string of the molecule is Cc1cc(-n2ccc(NC(=O)N3CCN(C=O)CC3)nc2=O)ccc1CCN1CCCC(N)CC1. The summed E-state index contributed by atoms with van der Waals surface area (Å²) in [6.07, 6.45) is 6.69. The third-order valence-corrected chi connectivity index (χ3v) is 6.96. The van der Waals surface area contributed by atoms with Crippen molar-refractivity contribution in [2.75, 3.05) is 51.1 Å². The summed E-state index contributed by atoms with van der Waals surface area (Å²) in [5.41, 5.74) is 8.78. The highest BCUT2D eigenvalue weighted by molar-refractivity contribution is 5.88. The number of nitrogens with two attached hydrogens (primary N) is 1. The van der Waals surface area contributed by atoms with Crippen molar-refractivity contribution in [3.8, 4) is 5.69 Å². The fraction of sp³-hybridized carbons (Fsp3) is 0.520. The number of hydrogen-bond donors (Lipinski definition) is 2. The highest BCUT2D eigenvalue weighted by atomic mass is 16.2. The molecule has 2 saturated heterocycles. The lowest BCUT2D eigenvalue weighted by atomic mass is 10.0. The zero-order valence-electron chi connectivity index (χ0n) is 20.4. The number of urea groups is 1. The number of carbonyl (C=O) groups excluding carboxylic acids is 2. The van der Waals surface area contributed by atoms with Crippen LogP contribution in [0, 0.1) is 6.92 Å². The molecular formula is C25H35N7O3. The van der Waals surface area contributed by atoms with Crippen LogP contribution < -0.4 is 16.7 Å². The number of likely N-dealkylation sites (tertiary alicyclic amines) is 1. The van der Waals surface area contributed by atoms with E-state index in [4.69, 9.17) is 5.73 Å². The maximum atomic E-state index is 12.7. The molecule has 0 spiro atoms. The van der Waals surface area contributed by atoms with Crippen molar-refractivity contribution in [2.45, 2.75) is 38.6 Å². The third-order valence-electron chi connectivity index (χ3n) is 6.96. The predicted octanol–water partition coefficient (Wildman–Crippen LogP) is 1.20. The maximum absolute atomic E-state index is 12.7. The maximum Gasteiger partial charge on any atom is 0.354 e. The Morgan fingerprint density at radius 2 is 1.94 bits per heavy atom. The molecule has 4 rings (SSSR count). The molecule has 3 N–H and O–H groups in total. The number of hydrogen-bond acceptors (Lipinski definition) is 6. The van der Waals surface area contributed by atoms with Crippen LogP contribution in [0.3, 0.4) is 0 Å². The Balaban J connectivity index is 1.36. The number of amides is 3. The average molecular weight is 482 g/mol.